The van der Waals surface area contributed by atoms with E-state index < -0.39 is 10.0 Å². The molecule has 0 aromatic heterocycles. The van der Waals surface area contributed by atoms with E-state index >= 15 is 0 Å². The van der Waals surface area contributed by atoms with E-state index in [1.165, 1.54) is 27.5 Å². The van der Waals surface area contributed by atoms with Crippen molar-refractivity contribution in [1.29, 1.82) is 0 Å². The molecule has 0 aliphatic heterocycles. The van der Waals surface area contributed by atoms with Crippen molar-refractivity contribution in [3.63, 3.8) is 0 Å². The highest BCUT2D eigenvalue weighted by Crippen LogP contribution is 2.33. The first kappa shape index (κ1) is 19.6. The summed E-state index contributed by atoms with van der Waals surface area (Å²) in [5, 5.41) is 3.86. The third-order valence-electron chi connectivity index (χ3n) is 3.75. The fourth-order valence-corrected chi connectivity index (χ4v) is 3.49. The van der Waals surface area contributed by atoms with E-state index in [1.54, 1.807) is 31.2 Å². The molecule has 26 heavy (non-hydrogen) atoms. The molecule has 2 aromatic carbocycles. The van der Waals surface area contributed by atoms with Crippen molar-refractivity contribution in [3.8, 4) is 17.2 Å². The number of methoxy groups -OCH3 is 3. The molecular weight excluding hydrogens is 356 g/mol. The maximum atomic E-state index is 12.5. The Hall–Kier alpha value is -2.74. The minimum absolute atomic E-state index is 0.189. The molecule has 8 heteroatoms. The molecule has 0 heterocycles. The predicted octanol–water partition coefficient (Wildman–Crippen LogP) is 2.64. The summed E-state index contributed by atoms with van der Waals surface area (Å²) < 4.78 is 40.7. The van der Waals surface area contributed by atoms with E-state index in [4.69, 9.17) is 14.2 Å². The number of hydrogen-bond acceptors (Lipinski definition) is 6. The average Bonchev–Trinajstić information content (AvgIpc) is 2.62. The number of aryl methyl sites for hydroxylation is 2. The number of nitrogens with zero attached hydrogens (tertiary/aromatic N) is 1. The van der Waals surface area contributed by atoms with Crippen LogP contribution in [0.2, 0.25) is 0 Å². The van der Waals surface area contributed by atoms with E-state index in [1.807, 2.05) is 13.0 Å². The lowest BCUT2D eigenvalue weighted by Gasteiger charge is -2.12. The molecule has 0 saturated carbocycles. The second-order valence-electron chi connectivity index (χ2n) is 5.57. The molecule has 0 aliphatic carbocycles. The third-order valence-corrected chi connectivity index (χ3v) is 5.11. The maximum Gasteiger partial charge on any atom is 0.276 e. The zero-order valence-electron chi connectivity index (χ0n) is 15.4. The lowest BCUT2D eigenvalue weighted by atomic mass is 10.2. The number of hydrogen-bond donors (Lipinski definition) is 1. The van der Waals surface area contributed by atoms with Gasteiger partial charge < -0.3 is 14.2 Å². The second kappa shape index (κ2) is 8.09. The van der Waals surface area contributed by atoms with Crippen LogP contribution in [0.3, 0.4) is 0 Å². The molecular formula is C18H22N2O5S. The van der Waals surface area contributed by atoms with Gasteiger partial charge in [0.2, 0.25) is 0 Å². The van der Waals surface area contributed by atoms with Crippen LogP contribution in [0.15, 0.2) is 40.3 Å². The molecule has 0 atom stereocenters. The first-order valence-corrected chi connectivity index (χ1v) is 9.23. The molecule has 2 aromatic rings. The van der Waals surface area contributed by atoms with Gasteiger partial charge in [0.1, 0.15) is 5.75 Å². The van der Waals surface area contributed by atoms with Crippen LogP contribution in [-0.2, 0) is 10.0 Å². The lowest BCUT2D eigenvalue weighted by Crippen LogP contribution is -2.19. The zero-order valence-corrected chi connectivity index (χ0v) is 16.2. The summed E-state index contributed by atoms with van der Waals surface area (Å²) in [5.74, 6) is 1.45. The molecule has 7 nitrogen and oxygen atoms in total. The summed E-state index contributed by atoms with van der Waals surface area (Å²) in [7, 11) is 0.748. The molecule has 140 valence electrons. The van der Waals surface area contributed by atoms with Crippen LogP contribution in [0.25, 0.3) is 0 Å². The van der Waals surface area contributed by atoms with Crippen molar-refractivity contribution in [1.82, 2.24) is 4.83 Å². The van der Waals surface area contributed by atoms with Crippen LogP contribution in [0.5, 0.6) is 17.2 Å². The van der Waals surface area contributed by atoms with Crippen molar-refractivity contribution in [2.45, 2.75) is 18.7 Å². The van der Waals surface area contributed by atoms with Gasteiger partial charge in [-0.25, -0.2) is 4.83 Å². The van der Waals surface area contributed by atoms with Crippen molar-refractivity contribution in [2.24, 2.45) is 5.10 Å². The summed E-state index contributed by atoms with van der Waals surface area (Å²) in [5.41, 5.74) is 2.03. The molecule has 0 amide bonds. The SMILES string of the molecule is COc1cc(OC)c(OC)cc1/C=N\NS(=O)(=O)c1cc(C)ccc1C. The first-order valence-electron chi connectivity index (χ1n) is 7.74. The normalized spacial score (nSPS) is 11.4. The largest absolute Gasteiger partial charge is 0.496 e. The van der Waals surface area contributed by atoms with Gasteiger partial charge in [-0.1, -0.05) is 12.1 Å². The monoisotopic (exact) mass is 378 g/mol. The highest BCUT2D eigenvalue weighted by molar-refractivity contribution is 7.89. The molecule has 1 N–H and O–H groups in total. The van der Waals surface area contributed by atoms with Gasteiger partial charge in [-0.15, -0.1) is 0 Å². The Bertz CT molecular complexity index is 923. The Labute approximate surface area is 153 Å². The Morgan fingerprint density at radius 3 is 2.15 bits per heavy atom. The molecule has 0 spiro atoms. The zero-order chi connectivity index (χ0) is 19.3. The maximum absolute atomic E-state index is 12.5. The summed E-state index contributed by atoms with van der Waals surface area (Å²) in [6.45, 7) is 3.56. The second-order valence-corrected chi connectivity index (χ2v) is 7.20. The van der Waals surface area contributed by atoms with Gasteiger partial charge in [-0.2, -0.15) is 13.5 Å². The number of hydrazone groups is 1. The van der Waals surface area contributed by atoms with Crippen LogP contribution in [0, 0.1) is 13.8 Å². The molecule has 2 rings (SSSR count). The van der Waals surface area contributed by atoms with Crippen LogP contribution < -0.4 is 19.0 Å². The minimum Gasteiger partial charge on any atom is -0.496 e. The number of rotatable bonds is 7. The van der Waals surface area contributed by atoms with E-state index in [0.717, 1.165) is 5.56 Å². The third kappa shape index (κ3) is 4.26. The quantitative estimate of drug-likeness (QED) is 0.591. The van der Waals surface area contributed by atoms with Gasteiger partial charge in [0.25, 0.3) is 10.0 Å². The Kier molecular flexibility index (Phi) is 6.10. The molecule has 0 bridgehead atoms. The van der Waals surface area contributed by atoms with Crippen molar-refractivity contribution >= 4 is 16.2 Å². The first-order chi connectivity index (χ1) is 12.3. The average molecular weight is 378 g/mol. The summed E-state index contributed by atoms with van der Waals surface area (Å²) >= 11 is 0. The summed E-state index contributed by atoms with van der Waals surface area (Å²) in [6.07, 6.45) is 1.35. The standard InChI is InChI=1S/C18H22N2O5S/c1-12-6-7-13(2)18(8-12)26(21,22)20-19-11-14-9-16(24-4)17(25-5)10-15(14)23-3/h6-11,20H,1-5H3/b19-11-. The molecule has 0 fully saturated rings. The Morgan fingerprint density at radius 2 is 1.54 bits per heavy atom. The topological polar surface area (TPSA) is 86.2 Å². The predicted molar refractivity (Wildman–Crippen MR) is 99.9 cm³/mol. The highest BCUT2D eigenvalue weighted by Gasteiger charge is 2.16. The summed E-state index contributed by atoms with van der Waals surface area (Å²) in [4.78, 5) is 2.41. The van der Waals surface area contributed by atoms with Crippen LogP contribution in [0.1, 0.15) is 16.7 Å². The smallest absolute Gasteiger partial charge is 0.276 e. The molecule has 0 unspecified atom stereocenters. The lowest BCUT2D eigenvalue weighted by molar-refractivity contribution is 0.349. The van der Waals surface area contributed by atoms with Gasteiger partial charge in [-0.3, -0.25) is 0 Å². The van der Waals surface area contributed by atoms with E-state index in [0.29, 0.717) is 28.4 Å². The van der Waals surface area contributed by atoms with Gasteiger partial charge in [0.15, 0.2) is 11.5 Å². The number of nitrogens with one attached hydrogen (secondary N) is 1. The van der Waals surface area contributed by atoms with E-state index in [9.17, 15) is 8.42 Å². The van der Waals surface area contributed by atoms with Gasteiger partial charge in [-0.05, 0) is 37.1 Å². The van der Waals surface area contributed by atoms with Gasteiger partial charge in [0, 0.05) is 11.6 Å². The van der Waals surface area contributed by atoms with Gasteiger partial charge in [0.05, 0.1) is 32.4 Å². The fourth-order valence-electron chi connectivity index (χ4n) is 2.37. The molecule has 0 aliphatic rings. The molecule has 0 radical (unpaired) electrons. The van der Waals surface area contributed by atoms with Crippen molar-refractivity contribution in [3.05, 3.63) is 47.0 Å². The number of benzene rings is 2. The van der Waals surface area contributed by atoms with E-state index in [2.05, 4.69) is 9.93 Å². The molecule has 0 saturated heterocycles. The Morgan fingerprint density at radius 1 is 0.923 bits per heavy atom. The van der Waals surface area contributed by atoms with Crippen LogP contribution in [-0.4, -0.2) is 36.0 Å². The fraction of sp³-hybridized carbons (Fsp3) is 0.278. The number of ether oxygens (including phenoxy) is 3. The minimum atomic E-state index is -3.78. The van der Waals surface area contributed by atoms with Crippen LogP contribution >= 0.6 is 0 Å². The highest BCUT2D eigenvalue weighted by atomic mass is 32.2. The van der Waals surface area contributed by atoms with Crippen LogP contribution in [0.4, 0.5) is 0 Å². The van der Waals surface area contributed by atoms with Gasteiger partial charge >= 0.3 is 0 Å². The van der Waals surface area contributed by atoms with Crippen molar-refractivity contribution < 1.29 is 22.6 Å². The van der Waals surface area contributed by atoms with Crippen molar-refractivity contribution in [2.75, 3.05) is 21.3 Å². The van der Waals surface area contributed by atoms with E-state index in [-0.39, 0.29) is 4.90 Å². The summed E-state index contributed by atoms with van der Waals surface area (Å²) in [6, 6.07) is 8.49. The Balaban J connectivity index is 2.31. The number of sulfonamides is 1.